The lowest BCUT2D eigenvalue weighted by Gasteiger charge is -2.40. The summed E-state index contributed by atoms with van der Waals surface area (Å²) in [5.41, 5.74) is 9.96. The Labute approximate surface area is 181 Å². The van der Waals surface area contributed by atoms with E-state index in [1.54, 1.807) is 0 Å². The van der Waals surface area contributed by atoms with Crippen LogP contribution in [-0.4, -0.2) is 60.1 Å². The summed E-state index contributed by atoms with van der Waals surface area (Å²) in [5.74, 6) is 0. The van der Waals surface area contributed by atoms with Gasteiger partial charge in [-0.1, -0.05) is 36.4 Å². The molecule has 1 aromatic heterocycles. The molecule has 1 aromatic carbocycles. The second-order valence-corrected chi connectivity index (χ2v) is 8.82. The van der Waals surface area contributed by atoms with Gasteiger partial charge < -0.3 is 11.1 Å². The maximum absolute atomic E-state index is 5.80. The van der Waals surface area contributed by atoms with Crippen LogP contribution < -0.4 is 11.1 Å². The van der Waals surface area contributed by atoms with Gasteiger partial charge in [0.25, 0.3) is 0 Å². The van der Waals surface area contributed by atoms with Crippen LogP contribution in [0, 0.1) is 0 Å². The number of fused-ring (bicyclic) bond motifs is 1. The van der Waals surface area contributed by atoms with Gasteiger partial charge in [0.15, 0.2) is 0 Å². The van der Waals surface area contributed by atoms with Crippen molar-refractivity contribution in [1.29, 1.82) is 0 Å². The number of nitrogens with two attached hydrogens (primary N) is 1. The molecule has 2 heterocycles. The molecule has 30 heavy (non-hydrogen) atoms. The molecule has 2 aliphatic rings. The zero-order valence-corrected chi connectivity index (χ0v) is 18.2. The number of unbranched alkanes of at least 4 members (excludes halogenated alkanes) is 1. The average molecular weight is 408 g/mol. The first-order chi connectivity index (χ1) is 14.8. The van der Waals surface area contributed by atoms with Crippen LogP contribution in [0.1, 0.15) is 48.5 Å². The highest BCUT2D eigenvalue weighted by Gasteiger charge is 2.30. The first-order valence-corrected chi connectivity index (χ1v) is 11.7. The Morgan fingerprint density at radius 2 is 2.03 bits per heavy atom. The zero-order chi connectivity index (χ0) is 20.6. The van der Waals surface area contributed by atoms with E-state index in [2.05, 4.69) is 57.6 Å². The summed E-state index contributed by atoms with van der Waals surface area (Å²) in [6, 6.07) is 16.1. The van der Waals surface area contributed by atoms with Gasteiger partial charge in [0, 0.05) is 45.0 Å². The second kappa shape index (κ2) is 11.0. The van der Waals surface area contributed by atoms with Crippen LogP contribution in [-0.2, 0) is 13.0 Å². The fraction of sp³-hybridized carbons (Fsp3) is 0.560. The third-order valence-electron chi connectivity index (χ3n) is 6.55. The summed E-state index contributed by atoms with van der Waals surface area (Å²) in [7, 11) is 0. The number of aryl methyl sites for hydroxylation is 1. The van der Waals surface area contributed by atoms with E-state index in [9.17, 15) is 0 Å². The minimum absolute atomic E-state index is 0.444. The van der Waals surface area contributed by atoms with E-state index in [0.717, 1.165) is 58.7 Å². The maximum atomic E-state index is 5.80. The van der Waals surface area contributed by atoms with Crippen molar-refractivity contribution < 1.29 is 0 Å². The molecule has 4 rings (SSSR count). The van der Waals surface area contributed by atoms with Crippen molar-refractivity contribution >= 4 is 0 Å². The number of benzene rings is 1. The number of hydrogen-bond acceptors (Lipinski definition) is 5. The van der Waals surface area contributed by atoms with Crippen molar-refractivity contribution in [3.05, 3.63) is 65.5 Å². The van der Waals surface area contributed by atoms with E-state index >= 15 is 0 Å². The van der Waals surface area contributed by atoms with Crippen molar-refractivity contribution in [3.63, 3.8) is 0 Å². The van der Waals surface area contributed by atoms with Crippen LogP contribution in [0.25, 0.3) is 0 Å². The summed E-state index contributed by atoms with van der Waals surface area (Å²) >= 11 is 0. The molecule has 0 saturated carbocycles. The normalized spacial score (nSPS) is 22.2. The zero-order valence-electron chi connectivity index (χ0n) is 18.2. The number of aromatic nitrogens is 1. The third kappa shape index (κ3) is 5.67. The molecule has 0 radical (unpaired) electrons. The van der Waals surface area contributed by atoms with Crippen LogP contribution in [0.5, 0.6) is 0 Å². The highest BCUT2D eigenvalue weighted by molar-refractivity contribution is 5.25. The van der Waals surface area contributed by atoms with Crippen molar-refractivity contribution in [2.24, 2.45) is 5.73 Å². The standard InChI is InChI=1S/C25H37N5/c26-13-4-5-16-30(24-12-6-10-22-11-7-14-28-25(22)24)20-23-19-29(17-15-27-23)18-21-8-2-1-3-9-21/h1-3,7-9,11,14,23-24,27H,4-6,10,12-13,15-20,26H2/t23-,24+/m1/s1. The number of piperazine rings is 1. The third-order valence-corrected chi connectivity index (χ3v) is 6.55. The van der Waals surface area contributed by atoms with Gasteiger partial charge >= 0.3 is 0 Å². The summed E-state index contributed by atoms with van der Waals surface area (Å²) in [6.07, 6.45) is 7.87. The van der Waals surface area contributed by atoms with Gasteiger partial charge in [0.2, 0.25) is 0 Å². The monoisotopic (exact) mass is 407 g/mol. The predicted molar refractivity (Wildman–Crippen MR) is 123 cm³/mol. The molecule has 1 aliphatic carbocycles. The van der Waals surface area contributed by atoms with E-state index in [0.29, 0.717) is 12.1 Å². The molecule has 0 spiro atoms. The Balaban J connectivity index is 1.43. The molecule has 1 fully saturated rings. The summed E-state index contributed by atoms with van der Waals surface area (Å²) in [5, 5.41) is 3.79. The molecule has 1 aliphatic heterocycles. The largest absolute Gasteiger partial charge is 0.330 e. The first kappa shape index (κ1) is 21.4. The van der Waals surface area contributed by atoms with Crippen LogP contribution in [0.15, 0.2) is 48.7 Å². The topological polar surface area (TPSA) is 57.4 Å². The minimum atomic E-state index is 0.444. The maximum Gasteiger partial charge on any atom is 0.0607 e. The molecule has 0 unspecified atom stereocenters. The lowest BCUT2D eigenvalue weighted by molar-refractivity contribution is 0.116. The lowest BCUT2D eigenvalue weighted by Crippen LogP contribution is -2.55. The van der Waals surface area contributed by atoms with Crippen LogP contribution in [0.4, 0.5) is 0 Å². The number of hydrogen-bond donors (Lipinski definition) is 2. The van der Waals surface area contributed by atoms with Gasteiger partial charge in [0.1, 0.15) is 0 Å². The molecule has 3 N–H and O–H groups in total. The lowest BCUT2D eigenvalue weighted by atomic mass is 9.90. The highest BCUT2D eigenvalue weighted by Crippen LogP contribution is 2.33. The minimum Gasteiger partial charge on any atom is -0.330 e. The molecular weight excluding hydrogens is 370 g/mol. The van der Waals surface area contributed by atoms with E-state index in [4.69, 9.17) is 10.7 Å². The van der Waals surface area contributed by atoms with E-state index in [1.165, 1.54) is 36.1 Å². The fourth-order valence-corrected chi connectivity index (χ4v) is 5.06. The van der Waals surface area contributed by atoms with Crippen molar-refractivity contribution in [2.75, 3.05) is 39.3 Å². The van der Waals surface area contributed by atoms with E-state index < -0.39 is 0 Å². The second-order valence-electron chi connectivity index (χ2n) is 8.82. The quantitative estimate of drug-likeness (QED) is 0.626. The van der Waals surface area contributed by atoms with E-state index in [1.807, 2.05) is 6.20 Å². The summed E-state index contributed by atoms with van der Waals surface area (Å²) < 4.78 is 0. The van der Waals surface area contributed by atoms with Gasteiger partial charge in [-0.2, -0.15) is 0 Å². The molecule has 2 atom stereocenters. The first-order valence-electron chi connectivity index (χ1n) is 11.7. The van der Waals surface area contributed by atoms with Gasteiger partial charge in [-0.15, -0.1) is 0 Å². The molecule has 0 amide bonds. The Bertz CT molecular complexity index is 765. The van der Waals surface area contributed by atoms with Crippen LogP contribution in [0.3, 0.4) is 0 Å². The number of pyridine rings is 1. The molecule has 5 nitrogen and oxygen atoms in total. The summed E-state index contributed by atoms with van der Waals surface area (Å²) in [6.45, 7) is 7.29. The molecule has 2 aromatic rings. The van der Waals surface area contributed by atoms with Crippen LogP contribution >= 0.6 is 0 Å². The molecule has 1 saturated heterocycles. The van der Waals surface area contributed by atoms with E-state index in [-0.39, 0.29) is 0 Å². The smallest absolute Gasteiger partial charge is 0.0607 e. The van der Waals surface area contributed by atoms with Crippen LogP contribution in [0.2, 0.25) is 0 Å². The molecule has 5 heteroatoms. The van der Waals surface area contributed by atoms with Crippen molar-refractivity contribution in [3.8, 4) is 0 Å². The number of nitrogens with zero attached hydrogens (tertiary/aromatic N) is 3. The number of nitrogens with one attached hydrogen (secondary N) is 1. The van der Waals surface area contributed by atoms with Gasteiger partial charge in [-0.25, -0.2) is 0 Å². The van der Waals surface area contributed by atoms with Crippen molar-refractivity contribution in [2.45, 2.75) is 50.7 Å². The summed E-state index contributed by atoms with van der Waals surface area (Å²) in [4.78, 5) is 10.1. The van der Waals surface area contributed by atoms with Gasteiger partial charge in [-0.05, 0) is 62.4 Å². The fourth-order valence-electron chi connectivity index (χ4n) is 5.06. The van der Waals surface area contributed by atoms with Gasteiger partial charge in [-0.3, -0.25) is 14.8 Å². The molecule has 162 valence electrons. The van der Waals surface area contributed by atoms with Gasteiger partial charge in [0.05, 0.1) is 11.7 Å². The Kier molecular flexibility index (Phi) is 7.87. The predicted octanol–water partition coefficient (Wildman–Crippen LogP) is 2.97. The Morgan fingerprint density at radius 3 is 2.90 bits per heavy atom. The highest BCUT2D eigenvalue weighted by atomic mass is 15.2. The Hall–Kier alpha value is -1.79. The SMILES string of the molecule is NCCCCN(C[C@H]1CN(Cc2ccccc2)CCN1)[C@H]1CCCc2cccnc21. The molecular formula is C25H37N5. The number of rotatable bonds is 9. The van der Waals surface area contributed by atoms with Crippen molar-refractivity contribution in [1.82, 2.24) is 20.1 Å². The molecule has 0 bridgehead atoms. The Morgan fingerprint density at radius 1 is 1.13 bits per heavy atom. The average Bonchev–Trinajstić information content (AvgIpc) is 2.79.